The van der Waals surface area contributed by atoms with Crippen molar-refractivity contribution in [2.24, 2.45) is 11.3 Å². The molecular weight excluding hydrogens is 241 g/mol. The Morgan fingerprint density at radius 2 is 1.89 bits per heavy atom. The van der Waals surface area contributed by atoms with Gasteiger partial charge in [-0.05, 0) is 30.9 Å². The molecule has 0 amide bonds. The number of methoxy groups -OCH3 is 1. The summed E-state index contributed by atoms with van der Waals surface area (Å²) in [4.78, 5) is 0. The number of ether oxygens (including phenoxy) is 1. The smallest absolute Gasteiger partial charge is 0.131 e. The van der Waals surface area contributed by atoms with Crippen molar-refractivity contribution in [1.29, 1.82) is 0 Å². The maximum atomic E-state index is 13.9. The first-order valence-corrected chi connectivity index (χ1v) is 6.82. The molecule has 2 unspecified atom stereocenters. The van der Waals surface area contributed by atoms with Crippen molar-refractivity contribution < 1.29 is 9.13 Å². The van der Waals surface area contributed by atoms with Crippen molar-refractivity contribution in [2.75, 3.05) is 13.7 Å². The molecule has 1 N–H and O–H groups in total. The highest BCUT2D eigenvalue weighted by atomic mass is 19.1. The van der Waals surface area contributed by atoms with Gasteiger partial charge in [-0.1, -0.05) is 33.8 Å². The molecule has 1 rings (SSSR count). The van der Waals surface area contributed by atoms with Gasteiger partial charge < -0.3 is 10.1 Å². The van der Waals surface area contributed by atoms with E-state index >= 15 is 0 Å². The minimum Gasteiger partial charge on any atom is -0.497 e. The summed E-state index contributed by atoms with van der Waals surface area (Å²) in [5.74, 6) is 0.857. The molecule has 2 nitrogen and oxygen atoms in total. The van der Waals surface area contributed by atoms with Crippen LogP contribution >= 0.6 is 0 Å². The Morgan fingerprint density at radius 1 is 1.26 bits per heavy atom. The van der Waals surface area contributed by atoms with Crippen LogP contribution in [0.15, 0.2) is 18.2 Å². The fraction of sp³-hybridized carbons (Fsp3) is 0.625. The van der Waals surface area contributed by atoms with Gasteiger partial charge in [-0.25, -0.2) is 4.39 Å². The van der Waals surface area contributed by atoms with E-state index in [1.54, 1.807) is 19.2 Å². The van der Waals surface area contributed by atoms with Gasteiger partial charge in [-0.3, -0.25) is 0 Å². The SMILES string of the molecule is COc1ccc(C(C)NCC(C)C(C)(C)C)c(F)c1. The van der Waals surface area contributed by atoms with Crippen LogP contribution in [0, 0.1) is 17.2 Å². The Bertz CT molecular complexity index is 412. The number of nitrogens with one attached hydrogen (secondary N) is 1. The van der Waals surface area contributed by atoms with E-state index in [1.807, 2.05) is 6.92 Å². The number of rotatable bonds is 5. The number of hydrogen-bond acceptors (Lipinski definition) is 2. The average Bonchev–Trinajstić information content (AvgIpc) is 2.34. The van der Waals surface area contributed by atoms with Crippen LogP contribution in [0.25, 0.3) is 0 Å². The third-order valence-corrected chi connectivity index (χ3v) is 3.88. The first-order valence-electron chi connectivity index (χ1n) is 6.82. The van der Waals surface area contributed by atoms with Crippen molar-refractivity contribution in [3.63, 3.8) is 0 Å². The largest absolute Gasteiger partial charge is 0.497 e. The molecule has 0 saturated heterocycles. The summed E-state index contributed by atoms with van der Waals surface area (Å²) in [5.41, 5.74) is 0.937. The Balaban J connectivity index is 2.66. The van der Waals surface area contributed by atoms with Crippen molar-refractivity contribution in [2.45, 2.75) is 40.7 Å². The normalized spacial score (nSPS) is 15.1. The molecule has 2 atom stereocenters. The van der Waals surface area contributed by atoms with E-state index in [0.29, 0.717) is 17.2 Å². The first kappa shape index (κ1) is 16.0. The van der Waals surface area contributed by atoms with Gasteiger partial charge in [0.1, 0.15) is 11.6 Å². The lowest BCUT2D eigenvalue weighted by Gasteiger charge is -2.29. The molecule has 1 aromatic rings. The lowest BCUT2D eigenvalue weighted by Crippen LogP contribution is -2.31. The van der Waals surface area contributed by atoms with Crippen molar-refractivity contribution in [3.05, 3.63) is 29.6 Å². The third-order valence-electron chi connectivity index (χ3n) is 3.88. The standard InChI is InChI=1S/C16H26FNO/c1-11(16(3,4)5)10-18-12(2)14-8-7-13(19-6)9-15(14)17/h7-9,11-12,18H,10H2,1-6H3. The highest BCUT2D eigenvalue weighted by molar-refractivity contribution is 5.30. The van der Waals surface area contributed by atoms with Crippen LogP contribution in [0.4, 0.5) is 4.39 Å². The predicted molar refractivity (Wildman–Crippen MR) is 78.0 cm³/mol. The van der Waals surface area contributed by atoms with Gasteiger partial charge in [0.25, 0.3) is 0 Å². The van der Waals surface area contributed by atoms with Gasteiger partial charge >= 0.3 is 0 Å². The fourth-order valence-electron chi connectivity index (χ4n) is 1.76. The number of halogens is 1. The van der Waals surface area contributed by atoms with E-state index in [4.69, 9.17) is 4.74 Å². The van der Waals surface area contributed by atoms with Crippen LogP contribution < -0.4 is 10.1 Å². The fourth-order valence-corrected chi connectivity index (χ4v) is 1.76. The highest BCUT2D eigenvalue weighted by Gasteiger charge is 2.21. The maximum Gasteiger partial charge on any atom is 0.131 e. The van der Waals surface area contributed by atoms with Gasteiger partial charge in [0, 0.05) is 17.7 Å². The van der Waals surface area contributed by atoms with Crippen molar-refractivity contribution in [3.8, 4) is 5.75 Å². The van der Waals surface area contributed by atoms with Crippen LogP contribution in [0.3, 0.4) is 0 Å². The highest BCUT2D eigenvalue weighted by Crippen LogP contribution is 2.26. The predicted octanol–water partition coefficient (Wildman–Crippen LogP) is 4.17. The molecular formula is C16H26FNO. The van der Waals surface area contributed by atoms with Crippen molar-refractivity contribution >= 4 is 0 Å². The molecule has 1 aromatic carbocycles. The zero-order valence-electron chi connectivity index (χ0n) is 12.9. The summed E-state index contributed by atoms with van der Waals surface area (Å²) >= 11 is 0. The minimum atomic E-state index is -0.220. The summed E-state index contributed by atoms with van der Waals surface area (Å²) in [7, 11) is 1.54. The molecule has 0 bridgehead atoms. The van der Waals surface area contributed by atoms with E-state index in [2.05, 4.69) is 33.0 Å². The second kappa shape index (κ2) is 6.38. The Morgan fingerprint density at radius 3 is 2.37 bits per heavy atom. The van der Waals surface area contributed by atoms with Crippen molar-refractivity contribution in [1.82, 2.24) is 5.32 Å². The minimum absolute atomic E-state index is 0.00398. The lowest BCUT2D eigenvalue weighted by atomic mass is 9.82. The molecule has 108 valence electrons. The summed E-state index contributed by atoms with van der Waals surface area (Å²) < 4.78 is 18.9. The van der Waals surface area contributed by atoms with E-state index in [9.17, 15) is 4.39 Å². The number of benzene rings is 1. The molecule has 0 heterocycles. The molecule has 19 heavy (non-hydrogen) atoms. The molecule has 0 aliphatic carbocycles. The average molecular weight is 267 g/mol. The van der Waals surface area contributed by atoms with Crippen LogP contribution in [-0.2, 0) is 0 Å². The van der Waals surface area contributed by atoms with Gasteiger partial charge in [-0.2, -0.15) is 0 Å². The molecule has 0 radical (unpaired) electrons. The topological polar surface area (TPSA) is 21.3 Å². The van der Waals surface area contributed by atoms with Crippen LogP contribution in [0.5, 0.6) is 5.75 Å². The van der Waals surface area contributed by atoms with Crippen LogP contribution in [-0.4, -0.2) is 13.7 Å². The third kappa shape index (κ3) is 4.50. The molecule has 0 saturated carbocycles. The first-order chi connectivity index (χ1) is 8.75. The maximum absolute atomic E-state index is 13.9. The van der Waals surface area contributed by atoms with E-state index in [-0.39, 0.29) is 17.3 Å². The van der Waals surface area contributed by atoms with Gasteiger partial charge in [0.15, 0.2) is 0 Å². The Labute approximate surface area is 116 Å². The summed E-state index contributed by atoms with van der Waals surface area (Å²) in [6, 6.07) is 5.01. The zero-order valence-corrected chi connectivity index (χ0v) is 12.9. The monoisotopic (exact) mass is 267 g/mol. The van der Waals surface area contributed by atoms with Gasteiger partial charge in [0.05, 0.1) is 7.11 Å². The van der Waals surface area contributed by atoms with E-state index in [1.165, 1.54) is 6.07 Å². The Hall–Kier alpha value is -1.09. The summed E-state index contributed by atoms with van der Waals surface area (Å²) in [6.45, 7) is 11.7. The molecule has 0 aliphatic heterocycles. The lowest BCUT2D eigenvalue weighted by molar-refractivity contribution is 0.246. The van der Waals surface area contributed by atoms with E-state index < -0.39 is 0 Å². The second-order valence-corrected chi connectivity index (χ2v) is 6.28. The summed E-state index contributed by atoms with van der Waals surface area (Å²) in [6.07, 6.45) is 0. The van der Waals surface area contributed by atoms with Crippen LogP contribution in [0.1, 0.15) is 46.2 Å². The van der Waals surface area contributed by atoms with E-state index in [0.717, 1.165) is 6.54 Å². The number of hydrogen-bond donors (Lipinski definition) is 1. The quantitative estimate of drug-likeness (QED) is 0.864. The van der Waals surface area contributed by atoms with Gasteiger partial charge in [-0.15, -0.1) is 0 Å². The zero-order chi connectivity index (χ0) is 14.6. The molecule has 0 aliphatic rings. The Kier molecular flexibility index (Phi) is 5.36. The van der Waals surface area contributed by atoms with Crippen LogP contribution in [0.2, 0.25) is 0 Å². The molecule has 3 heteroatoms. The molecule has 0 aromatic heterocycles. The second-order valence-electron chi connectivity index (χ2n) is 6.28. The summed E-state index contributed by atoms with van der Waals surface area (Å²) in [5, 5.41) is 3.40. The molecule has 0 fully saturated rings. The van der Waals surface area contributed by atoms with Gasteiger partial charge in [0.2, 0.25) is 0 Å². The molecule has 0 spiro atoms.